The lowest BCUT2D eigenvalue weighted by Gasteiger charge is -2.62. The fourth-order valence-corrected chi connectivity index (χ4v) is 8.18. The molecule has 5 heteroatoms. The molecule has 5 rings (SSSR count). The molecule has 0 radical (unpaired) electrons. The number of hydrogen-bond acceptors (Lipinski definition) is 5. The molecule has 8 atom stereocenters. The van der Waals surface area contributed by atoms with Gasteiger partial charge in [-0.15, -0.1) is 0 Å². The maximum atomic E-state index is 13.6. The second-order valence-corrected chi connectivity index (χ2v) is 10.7. The van der Waals surface area contributed by atoms with Gasteiger partial charge in [-0.3, -0.25) is 4.79 Å². The third-order valence-electron chi connectivity index (χ3n) is 9.65. The highest BCUT2D eigenvalue weighted by Gasteiger charge is 2.70. The van der Waals surface area contributed by atoms with E-state index < -0.39 is 11.0 Å². The van der Waals surface area contributed by atoms with Crippen LogP contribution in [0.5, 0.6) is 0 Å². The van der Waals surface area contributed by atoms with Gasteiger partial charge in [-0.25, -0.2) is 4.79 Å². The first-order chi connectivity index (χ1) is 13.2. The molecule has 0 amide bonds. The van der Waals surface area contributed by atoms with Crippen LogP contribution in [0.1, 0.15) is 65.2 Å². The number of fused-ring (bicyclic) bond motifs is 5. The summed E-state index contributed by atoms with van der Waals surface area (Å²) in [6.07, 6.45) is 7.48. The summed E-state index contributed by atoms with van der Waals surface area (Å²) in [4.78, 5) is 25.2. The van der Waals surface area contributed by atoms with Crippen LogP contribution in [0.3, 0.4) is 0 Å². The molecule has 154 valence electrons. The van der Waals surface area contributed by atoms with E-state index in [-0.39, 0.29) is 35.2 Å². The lowest BCUT2D eigenvalue weighted by atomic mass is 9.43. The molecule has 0 aromatic carbocycles. The molecular weight excluding hydrogens is 356 g/mol. The van der Waals surface area contributed by atoms with Gasteiger partial charge in [-0.05, 0) is 73.7 Å². The van der Waals surface area contributed by atoms with E-state index in [1.807, 2.05) is 0 Å². The first kappa shape index (κ1) is 18.8. The van der Waals surface area contributed by atoms with E-state index in [0.29, 0.717) is 31.1 Å². The number of Topliss-reactive ketones (excluding diaryl/α,β-unsaturated/α-hetero) is 1. The molecule has 5 nitrogen and oxygen atoms in total. The van der Waals surface area contributed by atoms with Crippen molar-refractivity contribution < 1.29 is 24.5 Å². The molecular formula is C23H32O5. The van der Waals surface area contributed by atoms with Gasteiger partial charge in [0, 0.05) is 23.8 Å². The topological polar surface area (TPSA) is 83.8 Å². The monoisotopic (exact) mass is 388 g/mol. The minimum Gasteiger partial charge on any atom is -0.458 e. The Bertz CT molecular complexity index is 758. The largest absolute Gasteiger partial charge is 0.458 e. The van der Waals surface area contributed by atoms with Crippen molar-refractivity contribution in [3.05, 3.63) is 11.6 Å². The zero-order valence-electron chi connectivity index (χ0n) is 16.9. The normalized spacial score (nSPS) is 53.1. The number of rotatable bonds is 1. The number of aliphatic hydroxyl groups excluding tert-OH is 1. The summed E-state index contributed by atoms with van der Waals surface area (Å²) in [5, 5.41) is 22.2. The molecule has 2 N–H and O–H groups in total. The second kappa shape index (κ2) is 5.91. The molecule has 4 saturated carbocycles. The molecule has 0 aromatic rings. The quantitative estimate of drug-likeness (QED) is 0.675. The molecule has 4 aliphatic carbocycles. The van der Waals surface area contributed by atoms with E-state index in [9.17, 15) is 19.8 Å². The number of esters is 1. The Kier molecular flexibility index (Phi) is 3.97. The van der Waals surface area contributed by atoms with E-state index >= 15 is 0 Å². The highest BCUT2D eigenvalue weighted by Crippen LogP contribution is 2.68. The Hall–Kier alpha value is -1.20. The third kappa shape index (κ3) is 2.26. The van der Waals surface area contributed by atoms with Crippen LogP contribution >= 0.6 is 0 Å². The number of hydrogen-bond donors (Lipinski definition) is 2. The molecule has 5 aliphatic rings. The molecule has 0 spiro atoms. The van der Waals surface area contributed by atoms with E-state index in [0.717, 1.165) is 44.1 Å². The minimum absolute atomic E-state index is 0.0149. The number of aliphatic hydroxyl groups is 2. The number of carbonyl (C=O) groups is 2. The van der Waals surface area contributed by atoms with Crippen LogP contribution < -0.4 is 0 Å². The highest BCUT2D eigenvalue weighted by molar-refractivity contribution is 5.86. The van der Waals surface area contributed by atoms with Crippen molar-refractivity contribution in [3.63, 3.8) is 0 Å². The van der Waals surface area contributed by atoms with Crippen LogP contribution in [0.25, 0.3) is 0 Å². The lowest BCUT2D eigenvalue weighted by molar-refractivity contribution is -0.206. The number of cyclic esters (lactones) is 1. The fourth-order valence-electron chi connectivity index (χ4n) is 8.18. The van der Waals surface area contributed by atoms with Crippen molar-refractivity contribution in [1.29, 1.82) is 0 Å². The van der Waals surface area contributed by atoms with Crippen LogP contribution in [0.15, 0.2) is 11.6 Å². The number of ketones is 1. The van der Waals surface area contributed by atoms with E-state index in [1.165, 1.54) is 0 Å². The van der Waals surface area contributed by atoms with Crippen LogP contribution in [-0.2, 0) is 14.3 Å². The zero-order valence-corrected chi connectivity index (χ0v) is 16.9. The van der Waals surface area contributed by atoms with Crippen molar-refractivity contribution in [1.82, 2.24) is 0 Å². The van der Waals surface area contributed by atoms with Gasteiger partial charge in [0.2, 0.25) is 0 Å². The summed E-state index contributed by atoms with van der Waals surface area (Å²) in [5.41, 5.74) is -0.551. The van der Waals surface area contributed by atoms with Crippen LogP contribution in [0.2, 0.25) is 0 Å². The lowest BCUT2D eigenvalue weighted by Crippen LogP contribution is -2.65. The SMILES string of the molecule is C[C@]12CC[C@H](O)C[C@H]1CC[C@@H]1[C@@H]2C(=O)C[C@]2(C)[C@@H](C3=CC(=O)OC3)CCC12O. The standard InChI is InChI=1S/C23H32O5/c1-21-7-5-15(24)10-14(21)3-4-17-20(21)18(25)11-22(2)16(6-8-23(17,22)27)13-9-19(26)28-12-13/h9,14-17,20,24,27H,3-8,10-12H2,1-2H3/t14-,15+,16-,17-,20-,21+,22-,23?/m1/s1. The first-order valence-electron chi connectivity index (χ1n) is 11.0. The van der Waals surface area contributed by atoms with Crippen molar-refractivity contribution in [2.75, 3.05) is 6.61 Å². The van der Waals surface area contributed by atoms with Crippen molar-refractivity contribution in [3.8, 4) is 0 Å². The molecule has 0 bridgehead atoms. The van der Waals surface area contributed by atoms with Gasteiger partial charge in [0.05, 0.1) is 11.7 Å². The summed E-state index contributed by atoms with van der Waals surface area (Å²) in [6, 6.07) is 0. The second-order valence-electron chi connectivity index (χ2n) is 10.7. The van der Waals surface area contributed by atoms with Gasteiger partial charge in [0.15, 0.2) is 0 Å². The number of carbonyl (C=O) groups excluding carboxylic acids is 2. The molecule has 1 unspecified atom stereocenters. The molecule has 0 aromatic heterocycles. The maximum absolute atomic E-state index is 13.6. The van der Waals surface area contributed by atoms with Gasteiger partial charge in [-0.1, -0.05) is 13.8 Å². The Morgan fingerprint density at radius 1 is 1.11 bits per heavy atom. The van der Waals surface area contributed by atoms with Gasteiger partial charge in [0.25, 0.3) is 0 Å². The average molecular weight is 389 g/mol. The van der Waals surface area contributed by atoms with Gasteiger partial charge in [-0.2, -0.15) is 0 Å². The van der Waals surface area contributed by atoms with Crippen molar-refractivity contribution in [2.45, 2.75) is 76.9 Å². The zero-order chi connectivity index (χ0) is 19.9. The van der Waals surface area contributed by atoms with Crippen molar-refractivity contribution in [2.24, 2.45) is 34.5 Å². The molecule has 1 aliphatic heterocycles. The van der Waals surface area contributed by atoms with Crippen LogP contribution in [-0.4, -0.2) is 40.3 Å². The summed E-state index contributed by atoms with van der Waals surface area (Å²) in [7, 11) is 0. The fraction of sp³-hybridized carbons (Fsp3) is 0.826. The maximum Gasteiger partial charge on any atom is 0.331 e. The van der Waals surface area contributed by atoms with E-state index in [2.05, 4.69) is 13.8 Å². The predicted octanol–water partition coefficient (Wildman–Crippen LogP) is 2.78. The van der Waals surface area contributed by atoms with Gasteiger partial charge in [0.1, 0.15) is 12.4 Å². The number of ether oxygens (including phenoxy) is 1. The third-order valence-corrected chi connectivity index (χ3v) is 9.65. The van der Waals surface area contributed by atoms with E-state index in [4.69, 9.17) is 4.74 Å². The summed E-state index contributed by atoms with van der Waals surface area (Å²) >= 11 is 0. The van der Waals surface area contributed by atoms with Gasteiger partial charge < -0.3 is 14.9 Å². The highest BCUT2D eigenvalue weighted by atomic mass is 16.5. The molecule has 4 fully saturated rings. The first-order valence-corrected chi connectivity index (χ1v) is 11.0. The van der Waals surface area contributed by atoms with Crippen molar-refractivity contribution >= 4 is 11.8 Å². The Morgan fingerprint density at radius 2 is 1.89 bits per heavy atom. The van der Waals surface area contributed by atoms with E-state index in [1.54, 1.807) is 6.08 Å². The average Bonchev–Trinajstić information content (AvgIpc) is 3.16. The summed E-state index contributed by atoms with van der Waals surface area (Å²) in [5.74, 6) is 0.272. The van der Waals surface area contributed by atoms with Gasteiger partial charge >= 0.3 is 5.97 Å². The molecule has 0 saturated heterocycles. The summed E-state index contributed by atoms with van der Waals surface area (Å²) < 4.78 is 5.14. The summed E-state index contributed by atoms with van der Waals surface area (Å²) in [6.45, 7) is 4.61. The smallest absolute Gasteiger partial charge is 0.331 e. The Morgan fingerprint density at radius 3 is 2.61 bits per heavy atom. The Balaban J connectivity index is 1.52. The van der Waals surface area contributed by atoms with Crippen LogP contribution in [0.4, 0.5) is 0 Å². The molecule has 1 heterocycles. The minimum atomic E-state index is -0.868. The predicted molar refractivity (Wildman–Crippen MR) is 102 cm³/mol. The van der Waals surface area contributed by atoms with Crippen LogP contribution in [0, 0.1) is 34.5 Å². The Labute approximate surface area is 166 Å². The molecule has 28 heavy (non-hydrogen) atoms.